The van der Waals surface area contributed by atoms with E-state index in [1.807, 2.05) is 6.07 Å². The molecule has 0 radical (unpaired) electrons. The Labute approximate surface area is 176 Å². The average molecular weight is 425 g/mol. The summed E-state index contributed by atoms with van der Waals surface area (Å²) in [6.07, 6.45) is 0.507. The van der Waals surface area contributed by atoms with Gasteiger partial charge in [-0.25, -0.2) is 14.4 Å². The second kappa shape index (κ2) is 8.25. The average Bonchev–Trinajstić information content (AvgIpc) is 3.32. The molecular formula is C20H20FN7O3. The van der Waals surface area contributed by atoms with Crippen LogP contribution in [0.15, 0.2) is 24.5 Å². The Morgan fingerprint density at radius 3 is 2.87 bits per heavy atom. The Bertz CT molecular complexity index is 1180. The first-order valence-corrected chi connectivity index (χ1v) is 9.64. The van der Waals surface area contributed by atoms with Gasteiger partial charge >= 0.3 is 0 Å². The minimum absolute atomic E-state index is 0.0591. The van der Waals surface area contributed by atoms with Crippen molar-refractivity contribution >= 4 is 22.8 Å². The summed E-state index contributed by atoms with van der Waals surface area (Å²) in [5, 5.41) is 39.1. The molecule has 1 aliphatic rings. The number of benzene rings is 1. The molecule has 160 valence electrons. The topological polar surface area (TPSA) is 151 Å². The number of halogens is 1. The summed E-state index contributed by atoms with van der Waals surface area (Å²) < 4.78 is 13.7. The normalized spacial score (nSPS) is 20.5. The molecule has 4 rings (SSSR count). The van der Waals surface area contributed by atoms with Gasteiger partial charge in [-0.15, -0.1) is 0 Å². The van der Waals surface area contributed by atoms with Crippen molar-refractivity contribution < 1.29 is 19.4 Å². The maximum Gasteiger partial charge on any atom is 0.275 e. The first kappa shape index (κ1) is 20.6. The van der Waals surface area contributed by atoms with Crippen molar-refractivity contribution in [1.29, 1.82) is 5.26 Å². The fraction of sp³-hybridized carbons (Fsp3) is 0.350. The van der Waals surface area contributed by atoms with E-state index < -0.39 is 30.0 Å². The lowest BCUT2D eigenvalue weighted by atomic mass is 10.1. The van der Waals surface area contributed by atoms with Crippen LogP contribution in [0.3, 0.4) is 0 Å². The number of H-pyrrole nitrogens is 1. The maximum absolute atomic E-state index is 13.7. The summed E-state index contributed by atoms with van der Waals surface area (Å²) in [6.45, 7) is 0.0591. The van der Waals surface area contributed by atoms with Gasteiger partial charge in [-0.2, -0.15) is 10.4 Å². The number of hydrogen-bond donors (Lipinski definition) is 4. The lowest BCUT2D eigenvalue weighted by Crippen LogP contribution is -2.34. The number of nitrogens with one attached hydrogen (secondary N) is 2. The highest BCUT2D eigenvalue weighted by Gasteiger charge is 2.34. The standard InChI is InChI=1S/C20H20FN7O3/c1-28(8-11-4-10(7-22)5-12(21)6-11)20(31)16-15-18(23-9-24-19(15)27-26-16)25-13-2-3-14(29)17(13)30/h4-6,9,13-14,17,29-30H,2-3,8H2,1H3,(H2,23,24,25,26,27)/t13-,14-,17+/m1/s1. The summed E-state index contributed by atoms with van der Waals surface area (Å²) in [5.41, 5.74) is 1.02. The summed E-state index contributed by atoms with van der Waals surface area (Å²) in [6, 6.07) is 5.35. The van der Waals surface area contributed by atoms with Crippen LogP contribution in [0.25, 0.3) is 11.0 Å². The van der Waals surface area contributed by atoms with Gasteiger partial charge in [-0.1, -0.05) is 0 Å². The van der Waals surface area contributed by atoms with E-state index in [1.165, 1.54) is 30.4 Å². The molecule has 1 fully saturated rings. The molecule has 1 aliphatic carbocycles. The van der Waals surface area contributed by atoms with Crippen LogP contribution in [-0.4, -0.2) is 66.5 Å². The maximum atomic E-state index is 13.7. The Kier molecular flexibility index (Phi) is 5.50. The van der Waals surface area contributed by atoms with E-state index in [0.29, 0.717) is 35.3 Å². The molecule has 0 aliphatic heterocycles. The predicted molar refractivity (Wildman–Crippen MR) is 107 cm³/mol. The molecule has 0 bridgehead atoms. The van der Waals surface area contributed by atoms with Crippen molar-refractivity contribution in [2.24, 2.45) is 0 Å². The van der Waals surface area contributed by atoms with Gasteiger partial charge < -0.3 is 20.4 Å². The number of carbonyl (C=O) groups is 1. The molecule has 0 saturated heterocycles. The van der Waals surface area contributed by atoms with Crippen LogP contribution >= 0.6 is 0 Å². The Hall–Kier alpha value is -3.62. The van der Waals surface area contributed by atoms with Gasteiger partial charge in [0.25, 0.3) is 5.91 Å². The second-order valence-electron chi connectivity index (χ2n) is 7.53. The monoisotopic (exact) mass is 425 g/mol. The molecule has 0 unspecified atom stereocenters. The molecule has 1 amide bonds. The van der Waals surface area contributed by atoms with Crippen LogP contribution in [0, 0.1) is 17.1 Å². The lowest BCUT2D eigenvalue weighted by Gasteiger charge is -2.20. The zero-order valence-electron chi connectivity index (χ0n) is 16.6. The van der Waals surface area contributed by atoms with Gasteiger partial charge in [0, 0.05) is 13.6 Å². The highest BCUT2D eigenvalue weighted by Crippen LogP contribution is 2.28. The molecule has 1 saturated carbocycles. The number of rotatable bonds is 5. The third kappa shape index (κ3) is 4.03. The Balaban J connectivity index is 1.61. The van der Waals surface area contributed by atoms with E-state index >= 15 is 0 Å². The van der Waals surface area contributed by atoms with Crippen LogP contribution in [0.4, 0.5) is 10.2 Å². The Morgan fingerprint density at radius 1 is 1.35 bits per heavy atom. The number of fused-ring (bicyclic) bond motifs is 1. The van der Waals surface area contributed by atoms with E-state index in [-0.39, 0.29) is 17.8 Å². The number of amides is 1. The predicted octanol–water partition coefficient (Wildman–Crippen LogP) is 0.932. The van der Waals surface area contributed by atoms with E-state index in [9.17, 15) is 19.4 Å². The first-order chi connectivity index (χ1) is 14.9. The van der Waals surface area contributed by atoms with Crippen molar-refractivity contribution in [1.82, 2.24) is 25.1 Å². The minimum Gasteiger partial charge on any atom is -0.390 e. The van der Waals surface area contributed by atoms with E-state index in [0.717, 1.165) is 6.07 Å². The van der Waals surface area contributed by atoms with Crippen LogP contribution in [0.5, 0.6) is 0 Å². The van der Waals surface area contributed by atoms with E-state index in [2.05, 4.69) is 25.5 Å². The zero-order chi connectivity index (χ0) is 22.1. The SMILES string of the molecule is CN(Cc1cc(F)cc(C#N)c1)C(=O)c1n[nH]c2ncnc(N[C@@H]3CC[C@@H](O)[C@H]3O)c12. The fourth-order valence-corrected chi connectivity index (χ4v) is 3.75. The molecule has 3 aromatic rings. The number of aromatic nitrogens is 4. The summed E-state index contributed by atoms with van der Waals surface area (Å²) in [4.78, 5) is 22.7. The molecule has 2 aromatic heterocycles. The molecule has 1 aromatic carbocycles. The van der Waals surface area contributed by atoms with Crippen LogP contribution in [-0.2, 0) is 6.54 Å². The number of aliphatic hydroxyl groups is 2. The van der Waals surface area contributed by atoms with Gasteiger partial charge in [-0.05, 0) is 36.6 Å². The van der Waals surface area contributed by atoms with Crippen LogP contribution in [0.2, 0.25) is 0 Å². The second-order valence-corrected chi connectivity index (χ2v) is 7.53. The molecule has 11 heteroatoms. The van der Waals surface area contributed by atoms with Crippen molar-refractivity contribution in [3.63, 3.8) is 0 Å². The molecule has 31 heavy (non-hydrogen) atoms. The molecular weight excluding hydrogens is 405 g/mol. The van der Waals surface area contributed by atoms with Crippen molar-refractivity contribution in [3.8, 4) is 6.07 Å². The number of aromatic amines is 1. The largest absolute Gasteiger partial charge is 0.390 e. The summed E-state index contributed by atoms with van der Waals surface area (Å²) >= 11 is 0. The van der Waals surface area contributed by atoms with Crippen molar-refractivity contribution in [3.05, 3.63) is 47.2 Å². The van der Waals surface area contributed by atoms with E-state index in [4.69, 9.17) is 5.26 Å². The number of nitrogens with zero attached hydrogens (tertiary/aromatic N) is 5. The van der Waals surface area contributed by atoms with E-state index in [1.54, 1.807) is 0 Å². The molecule has 4 N–H and O–H groups in total. The number of hydrogen-bond acceptors (Lipinski definition) is 8. The summed E-state index contributed by atoms with van der Waals surface area (Å²) in [5.74, 6) is -0.706. The van der Waals surface area contributed by atoms with Crippen molar-refractivity contribution in [2.45, 2.75) is 37.6 Å². The smallest absolute Gasteiger partial charge is 0.275 e. The molecule has 3 atom stereocenters. The Morgan fingerprint density at radius 2 is 2.16 bits per heavy atom. The van der Waals surface area contributed by atoms with Crippen LogP contribution in [0.1, 0.15) is 34.5 Å². The van der Waals surface area contributed by atoms with Gasteiger partial charge in [0.1, 0.15) is 18.0 Å². The third-order valence-corrected chi connectivity index (χ3v) is 5.32. The zero-order valence-corrected chi connectivity index (χ0v) is 16.6. The number of aliphatic hydroxyl groups excluding tert-OH is 2. The highest BCUT2D eigenvalue weighted by molar-refractivity contribution is 6.07. The fourth-order valence-electron chi connectivity index (χ4n) is 3.75. The third-order valence-electron chi connectivity index (χ3n) is 5.32. The minimum atomic E-state index is -0.957. The van der Waals surface area contributed by atoms with Crippen LogP contribution < -0.4 is 5.32 Å². The molecule has 2 heterocycles. The van der Waals surface area contributed by atoms with Gasteiger partial charge in [-0.3, -0.25) is 9.89 Å². The van der Waals surface area contributed by atoms with Gasteiger partial charge in [0.05, 0.1) is 35.3 Å². The quantitative estimate of drug-likeness (QED) is 0.471. The number of anilines is 1. The van der Waals surface area contributed by atoms with Gasteiger partial charge in [0.2, 0.25) is 0 Å². The van der Waals surface area contributed by atoms with Crippen molar-refractivity contribution in [2.75, 3.05) is 12.4 Å². The van der Waals surface area contributed by atoms with Gasteiger partial charge in [0.15, 0.2) is 11.3 Å². The number of nitriles is 1. The summed E-state index contributed by atoms with van der Waals surface area (Å²) in [7, 11) is 1.54. The lowest BCUT2D eigenvalue weighted by molar-refractivity contribution is 0.0392. The molecule has 0 spiro atoms. The molecule has 10 nitrogen and oxygen atoms in total. The first-order valence-electron chi connectivity index (χ1n) is 9.64. The highest BCUT2D eigenvalue weighted by atomic mass is 19.1. The number of carbonyl (C=O) groups excluding carboxylic acids is 1.